The number of urea groups is 1. The predicted octanol–water partition coefficient (Wildman–Crippen LogP) is 2.48. The Bertz CT molecular complexity index is 588. The Balaban J connectivity index is 1.32. The molecule has 118 valence electrons. The van der Waals surface area contributed by atoms with E-state index >= 15 is 0 Å². The van der Waals surface area contributed by atoms with Crippen molar-refractivity contribution in [3.05, 3.63) is 35.6 Å². The number of hydrogen-bond acceptors (Lipinski definition) is 2. The number of halogens is 1. The van der Waals surface area contributed by atoms with Crippen LogP contribution in [-0.2, 0) is 10.2 Å². The first-order valence-electron chi connectivity index (χ1n) is 8.11. The minimum absolute atomic E-state index is 0.0787. The molecule has 3 unspecified atom stereocenters. The highest BCUT2D eigenvalue weighted by molar-refractivity contribution is 5.74. The summed E-state index contributed by atoms with van der Waals surface area (Å²) in [5.41, 5.74) is 0.904. The largest absolute Gasteiger partial charge is 0.373 e. The molecule has 3 aliphatic rings. The summed E-state index contributed by atoms with van der Waals surface area (Å²) in [6.07, 6.45) is 5.59. The monoisotopic (exact) mass is 304 g/mol. The van der Waals surface area contributed by atoms with Gasteiger partial charge >= 0.3 is 6.03 Å². The van der Waals surface area contributed by atoms with Crippen molar-refractivity contribution >= 4 is 6.03 Å². The van der Waals surface area contributed by atoms with Crippen molar-refractivity contribution in [3.8, 4) is 0 Å². The van der Waals surface area contributed by atoms with Gasteiger partial charge in [0.1, 0.15) is 5.82 Å². The highest BCUT2D eigenvalue weighted by Crippen LogP contribution is 2.47. The van der Waals surface area contributed by atoms with Crippen LogP contribution in [0.5, 0.6) is 0 Å². The molecule has 3 atom stereocenters. The maximum absolute atomic E-state index is 13.4. The second kappa shape index (κ2) is 5.23. The van der Waals surface area contributed by atoms with Gasteiger partial charge in [-0.25, -0.2) is 9.18 Å². The average Bonchev–Trinajstić information content (AvgIpc) is 3.02. The number of carbonyl (C=O) groups excluding carboxylic acids is 1. The minimum Gasteiger partial charge on any atom is -0.373 e. The van der Waals surface area contributed by atoms with Crippen LogP contribution in [0, 0.1) is 5.82 Å². The van der Waals surface area contributed by atoms with Crippen LogP contribution in [0.3, 0.4) is 0 Å². The molecule has 1 aliphatic carbocycles. The lowest BCUT2D eigenvalue weighted by Gasteiger charge is -2.22. The third-order valence-corrected chi connectivity index (χ3v) is 5.30. The maximum atomic E-state index is 13.4. The zero-order chi connectivity index (χ0) is 15.2. The van der Waals surface area contributed by atoms with Crippen molar-refractivity contribution in [1.82, 2.24) is 10.6 Å². The predicted molar refractivity (Wildman–Crippen MR) is 80.1 cm³/mol. The van der Waals surface area contributed by atoms with E-state index in [2.05, 4.69) is 10.6 Å². The van der Waals surface area contributed by atoms with E-state index in [1.165, 1.54) is 6.07 Å². The van der Waals surface area contributed by atoms with E-state index in [-0.39, 0.29) is 29.4 Å². The normalized spacial score (nSPS) is 31.0. The lowest BCUT2D eigenvalue weighted by atomic mass is 9.95. The number of hydrogen-bond donors (Lipinski definition) is 2. The third kappa shape index (κ3) is 2.58. The molecule has 2 amide bonds. The fraction of sp³-hybridized carbons (Fsp3) is 0.588. The van der Waals surface area contributed by atoms with Gasteiger partial charge in [-0.2, -0.15) is 0 Å². The van der Waals surface area contributed by atoms with Gasteiger partial charge in [0.2, 0.25) is 0 Å². The Hall–Kier alpha value is -1.62. The molecular formula is C17H21FN2O2. The van der Waals surface area contributed by atoms with Gasteiger partial charge in [0.25, 0.3) is 0 Å². The molecule has 2 aliphatic heterocycles. The fourth-order valence-corrected chi connectivity index (χ4v) is 3.80. The summed E-state index contributed by atoms with van der Waals surface area (Å²) < 4.78 is 19.1. The molecule has 1 aromatic carbocycles. The van der Waals surface area contributed by atoms with E-state index in [9.17, 15) is 9.18 Å². The van der Waals surface area contributed by atoms with Crippen LogP contribution in [0.1, 0.15) is 37.7 Å². The summed E-state index contributed by atoms with van der Waals surface area (Å²) in [5, 5.41) is 5.99. The number of amides is 2. The highest BCUT2D eigenvalue weighted by atomic mass is 19.1. The molecular weight excluding hydrogens is 283 g/mol. The summed E-state index contributed by atoms with van der Waals surface area (Å²) in [4.78, 5) is 12.1. The Morgan fingerprint density at radius 2 is 2.23 bits per heavy atom. The average molecular weight is 304 g/mol. The van der Waals surface area contributed by atoms with E-state index in [4.69, 9.17) is 4.74 Å². The highest BCUT2D eigenvalue weighted by Gasteiger charge is 2.45. The smallest absolute Gasteiger partial charge is 0.315 e. The molecule has 2 bridgehead atoms. The summed E-state index contributed by atoms with van der Waals surface area (Å²) in [6, 6.07) is 6.72. The third-order valence-electron chi connectivity index (χ3n) is 5.30. The lowest BCUT2D eigenvalue weighted by molar-refractivity contribution is 0.0981. The van der Waals surface area contributed by atoms with Crippen LogP contribution in [0.2, 0.25) is 0 Å². The maximum Gasteiger partial charge on any atom is 0.315 e. The van der Waals surface area contributed by atoms with E-state index in [0.717, 1.165) is 37.7 Å². The summed E-state index contributed by atoms with van der Waals surface area (Å²) in [5.74, 6) is -0.215. The van der Waals surface area contributed by atoms with Crippen LogP contribution in [0.4, 0.5) is 9.18 Å². The number of ether oxygens (including phenoxy) is 1. The van der Waals surface area contributed by atoms with E-state index < -0.39 is 0 Å². The lowest BCUT2D eigenvalue weighted by Crippen LogP contribution is -2.48. The van der Waals surface area contributed by atoms with Crippen LogP contribution in [-0.4, -0.2) is 30.8 Å². The fourth-order valence-electron chi connectivity index (χ4n) is 3.80. The Labute approximate surface area is 129 Å². The Morgan fingerprint density at radius 3 is 2.86 bits per heavy atom. The van der Waals surface area contributed by atoms with Crippen LogP contribution in [0.25, 0.3) is 0 Å². The van der Waals surface area contributed by atoms with E-state index in [1.54, 1.807) is 12.1 Å². The molecule has 0 radical (unpaired) electrons. The molecule has 2 N–H and O–H groups in total. The quantitative estimate of drug-likeness (QED) is 0.898. The Morgan fingerprint density at radius 1 is 1.36 bits per heavy atom. The topological polar surface area (TPSA) is 50.4 Å². The van der Waals surface area contributed by atoms with Gasteiger partial charge in [0, 0.05) is 12.0 Å². The zero-order valence-corrected chi connectivity index (χ0v) is 12.5. The first-order valence-corrected chi connectivity index (χ1v) is 8.11. The van der Waals surface area contributed by atoms with Gasteiger partial charge in [0.15, 0.2) is 0 Å². The van der Waals surface area contributed by atoms with Crippen molar-refractivity contribution in [2.75, 3.05) is 6.54 Å². The van der Waals surface area contributed by atoms with Gasteiger partial charge in [-0.3, -0.25) is 0 Å². The SMILES string of the molecule is O=C(NCC1(c2cccc(F)c2)CC1)NC1CC2CCC1O2. The van der Waals surface area contributed by atoms with Crippen LogP contribution < -0.4 is 10.6 Å². The number of fused-ring (bicyclic) bond motifs is 2. The molecule has 3 fully saturated rings. The summed E-state index contributed by atoms with van der Waals surface area (Å²) in [6.45, 7) is 0.559. The summed E-state index contributed by atoms with van der Waals surface area (Å²) >= 11 is 0. The number of rotatable bonds is 4. The van der Waals surface area contributed by atoms with Crippen LogP contribution >= 0.6 is 0 Å². The molecule has 4 nitrogen and oxygen atoms in total. The number of carbonyl (C=O) groups is 1. The summed E-state index contributed by atoms with van der Waals surface area (Å²) in [7, 11) is 0. The van der Waals surface area contributed by atoms with Crippen molar-refractivity contribution in [2.45, 2.75) is 55.8 Å². The van der Waals surface area contributed by atoms with Gasteiger partial charge in [0.05, 0.1) is 18.2 Å². The first-order chi connectivity index (χ1) is 10.6. The molecule has 0 aromatic heterocycles. The Kier molecular flexibility index (Phi) is 3.33. The van der Waals surface area contributed by atoms with E-state index in [1.807, 2.05) is 6.07 Å². The van der Waals surface area contributed by atoms with Crippen molar-refractivity contribution in [1.29, 1.82) is 0 Å². The van der Waals surface area contributed by atoms with Gasteiger partial charge in [-0.1, -0.05) is 12.1 Å². The number of benzene rings is 1. The second-order valence-corrected chi connectivity index (χ2v) is 6.83. The van der Waals surface area contributed by atoms with Gasteiger partial charge in [-0.05, 0) is 49.8 Å². The molecule has 2 heterocycles. The van der Waals surface area contributed by atoms with Crippen molar-refractivity contribution < 1.29 is 13.9 Å². The van der Waals surface area contributed by atoms with Crippen LogP contribution in [0.15, 0.2) is 24.3 Å². The molecule has 4 rings (SSSR count). The molecule has 5 heteroatoms. The number of nitrogens with one attached hydrogen (secondary N) is 2. The molecule has 22 heavy (non-hydrogen) atoms. The molecule has 2 saturated heterocycles. The molecule has 1 saturated carbocycles. The van der Waals surface area contributed by atoms with Crippen molar-refractivity contribution in [2.24, 2.45) is 0 Å². The van der Waals surface area contributed by atoms with Crippen molar-refractivity contribution in [3.63, 3.8) is 0 Å². The first kappa shape index (κ1) is 14.0. The zero-order valence-electron chi connectivity index (χ0n) is 12.5. The minimum atomic E-state index is -0.215. The second-order valence-electron chi connectivity index (χ2n) is 6.83. The molecule has 0 spiro atoms. The van der Waals surface area contributed by atoms with E-state index in [0.29, 0.717) is 12.6 Å². The van der Waals surface area contributed by atoms with Gasteiger partial charge in [-0.15, -0.1) is 0 Å². The molecule has 1 aromatic rings. The van der Waals surface area contributed by atoms with Gasteiger partial charge < -0.3 is 15.4 Å². The standard InChI is InChI=1S/C17H21FN2O2/c18-12-3-1-2-11(8-12)17(6-7-17)10-19-16(21)20-14-9-13-4-5-15(14)22-13/h1-3,8,13-15H,4-7,9-10H2,(H2,19,20,21).